The van der Waals surface area contributed by atoms with Gasteiger partial charge in [0.1, 0.15) is 0 Å². The van der Waals surface area contributed by atoms with Crippen LogP contribution in [0.25, 0.3) is 0 Å². The number of piperazine rings is 1. The molecule has 2 aromatic carbocycles. The zero-order valence-electron chi connectivity index (χ0n) is 13.6. The van der Waals surface area contributed by atoms with Gasteiger partial charge in [-0.2, -0.15) is 0 Å². The SMILES string of the molecule is Brc1ccc(Nc2nnc(N3CCN(c4ccccc4)CC3)s2)cc1. The number of halogens is 1. The van der Waals surface area contributed by atoms with Gasteiger partial charge >= 0.3 is 0 Å². The Hall–Kier alpha value is -2.12. The quantitative estimate of drug-likeness (QED) is 0.684. The van der Waals surface area contributed by atoms with E-state index in [0.717, 1.165) is 46.6 Å². The van der Waals surface area contributed by atoms with Crippen molar-refractivity contribution in [3.63, 3.8) is 0 Å². The van der Waals surface area contributed by atoms with E-state index in [9.17, 15) is 0 Å². The summed E-state index contributed by atoms with van der Waals surface area (Å²) in [6, 6.07) is 18.6. The van der Waals surface area contributed by atoms with E-state index in [1.165, 1.54) is 5.69 Å². The molecule has 1 saturated heterocycles. The average molecular weight is 416 g/mol. The van der Waals surface area contributed by atoms with E-state index < -0.39 is 0 Å². The van der Waals surface area contributed by atoms with Crippen molar-refractivity contribution in [2.45, 2.75) is 0 Å². The number of hydrogen-bond donors (Lipinski definition) is 1. The summed E-state index contributed by atoms with van der Waals surface area (Å²) in [6.07, 6.45) is 0. The number of nitrogens with zero attached hydrogens (tertiary/aromatic N) is 4. The van der Waals surface area contributed by atoms with Crippen LogP contribution in [0.5, 0.6) is 0 Å². The van der Waals surface area contributed by atoms with Gasteiger partial charge in [0.05, 0.1) is 0 Å². The minimum absolute atomic E-state index is 0.822. The highest BCUT2D eigenvalue weighted by Gasteiger charge is 2.20. The van der Waals surface area contributed by atoms with Crippen molar-refractivity contribution in [2.75, 3.05) is 41.3 Å². The lowest BCUT2D eigenvalue weighted by Crippen LogP contribution is -2.46. The molecule has 1 N–H and O–H groups in total. The Morgan fingerprint density at radius 3 is 2.24 bits per heavy atom. The lowest BCUT2D eigenvalue weighted by molar-refractivity contribution is 0.650. The van der Waals surface area contributed by atoms with Crippen molar-refractivity contribution in [1.29, 1.82) is 0 Å². The Morgan fingerprint density at radius 2 is 1.52 bits per heavy atom. The summed E-state index contributed by atoms with van der Waals surface area (Å²) in [4.78, 5) is 4.72. The highest BCUT2D eigenvalue weighted by Crippen LogP contribution is 2.28. The van der Waals surface area contributed by atoms with E-state index in [1.54, 1.807) is 11.3 Å². The fraction of sp³-hybridized carbons (Fsp3) is 0.222. The first-order chi connectivity index (χ1) is 12.3. The third kappa shape index (κ3) is 3.93. The molecule has 0 unspecified atom stereocenters. The van der Waals surface area contributed by atoms with E-state index in [4.69, 9.17) is 0 Å². The number of hydrogen-bond acceptors (Lipinski definition) is 6. The molecule has 0 radical (unpaired) electrons. The maximum absolute atomic E-state index is 4.36. The first kappa shape index (κ1) is 16.4. The minimum atomic E-state index is 0.822. The second-order valence-electron chi connectivity index (χ2n) is 5.83. The largest absolute Gasteiger partial charge is 0.368 e. The van der Waals surface area contributed by atoms with Crippen LogP contribution in [0, 0.1) is 0 Å². The lowest BCUT2D eigenvalue weighted by Gasteiger charge is -2.35. The molecule has 4 rings (SSSR count). The standard InChI is InChI=1S/C18H18BrN5S/c19-14-6-8-15(9-7-14)20-17-21-22-18(25-17)24-12-10-23(11-13-24)16-4-2-1-3-5-16/h1-9H,10-13H2,(H,20,21). The van der Waals surface area contributed by atoms with Gasteiger partial charge in [-0.1, -0.05) is 45.5 Å². The average Bonchev–Trinajstić information content (AvgIpc) is 3.13. The molecule has 0 amide bonds. The third-order valence-corrected chi connectivity index (χ3v) is 5.61. The molecule has 25 heavy (non-hydrogen) atoms. The number of aromatic nitrogens is 2. The highest BCUT2D eigenvalue weighted by molar-refractivity contribution is 9.10. The predicted octanol–water partition coefficient (Wildman–Crippen LogP) is 4.37. The molecule has 0 bridgehead atoms. The van der Waals surface area contributed by atoms with Gasteiger partial charge in [0.15, 0.2) is 0 Å². The van der Waals surface area contributed by atoms with Gasteiger partial charge in [0.2, 0.25) is 10.3 Å². The number of para-hydroxylation sites is 1. The number of rotatable bonds is 4. The summed E-state index contributed by atoms with van der Waals surface area (Å²) in [5.74, 6) is 0. The van der Waals surface area contributed by atoms with E-state index in [0.29, 0.717) is 0 Å². The second-order valence-corrected chi connectivity index (χ2v) is 7.70. The molecule has 7 heteroatoms. The Bertz CT molecular complexity index is 813. The van der Waals surface area contributed by atoms with Gasteiger partial charge < -0.3 is 15.1 Å². The lowest BCUT2D eigenvalue weighted by atomic mass is 10.2. The smallest absolute Gasteiger partial charge is 0.211 e. The number of anilines is 4. The second kappa shape index (κ2) is 7.41. The molecular formula is C18H18BrN5S. The Morgan fingerprint density at radius 1 is 0.840 bits per heavy atom. The third-order valence-electron chi connectivity index (χ3n) is 4.18. The minimum Gasteiger partial charge on any atom is -0.368 e. The number of nitrogens with one attached hydrogen (secondary N) is 1. The summed E-state index contributed by atoms with van der Waals surface area (Å²) >= 11 is 5.04. The van der Waals surface area contributed by atoms with Crippen LogP contribution in [-0.4, -0.2) is 36.4 Å². The molecule has 1 aliphatic rings. The number of benzene rings is 2. The van der Waals surface area contributed by atoms with Crippen LogP contribution in [0.15, 0.2) is 59.1 Å². The zero-order valence-corrected chi connectivity index (χ0v) is 16.0. The molecular weight excluding hydrogens is 398 g/mol. The molecule has 3 aromatic rings. The maximum atomic E-state index is 4.36. The van der Waals surface area contributed by atoms with Crippen LogP contribution < -0.4 is 15.1 Å². The molecule has 0 saturated carbocycles. The van der Waals surface area contributed by atoms with Crippen molar-refractivity contribution in [3.05, 3.63) is 59.1 Å². The van der Waals surface area contributed by atoms with Gasteiger partial charge in [0, 0.05) is 42.0 Å². The zero-order chi connectivity index (χ0) is 17.1. The Labute approximate surface area is 159 Å². The van der Waals surface area contributed by atoms with Crippen LogP contribution >= 0.6 is 27.3 Å². The summed E-state index contributed by atoms with van der Waals surface area (Å²) in [6.45, 7) is 3.92. The summed E-state index contributed by atoms with van der Waals surface area (Å²) in [7, 11) is 0. The molecule has 5 nitrogen and oxygen atoms in total. The van der Waals surface area contributed by atoms with Crippen LogP contribution in [0.4, 0.5) is 21.6 Å². The van der Waals surface area contributed by atoms with Gasteiger partial charge in [-0.3, -0.25) is 0 Å². The fourth-order valence-corrected chi connectivity index (χ4v) is 3.93. The highest BCUT2D eigenvalue weighted by atomic mass is 79.9. The molecule has 1 aliphatic heterocycles. The van der Waals surface area contributed by atoms with Crippen molar-refractivity contribution in [1.82, 2.24) is 10.2 Å². The summed E-state index contributed by atoms with van der Waals surface area (Å²) in [5, 5.41) is 13.7. The molecule has 1 aromatic heterocycles. The first-order valence-corrected chi connectivity index (χ1v) is 9.80. The Balaban J connectivity index is 1.37. The van der Waals surface area contributed by atoms with E-state index >= 15 is 0 Å². The van der Waals surface area contributed by atoms with Crippen molar-refractivity contribution >= 4 is 48.9 Å². The van der Waals surface area contributed by atoms with Crippen LogP contribution in [0.3, 0.4) is 0 Å². The molecule has 2 heterocycles. The van der Waals surface area contributed by atoms with Crippen molar-refractivity contribution in [2.24, 2.45) is 0 Å². The molecule has 1 fully saturated rings. The van der Waals surface area contributed by atoms with Crippen molar-refractivity contribution in [3.8, 4) is 0 Å². The topological polar surface area (TPSA) is 44.3 Å². The molecule has 0 aliphatic carbocycles. The van der Waals surface area contributed by atoms with Gasteiger partial charge in [-0.15, -0.1) is 10.2 Å². The summed E-state index contributed by atoms with van der Waals surface area (Å²) in [5.41, 5.74) is 2.30. The summed E-state index contributed by atoms with van der Waals surface area (Å²) < 4.78 is 1.06. The van der Waals surface area contributed by atoms with Gasteiger partial charge in [-0.05, 0) is 36.4 Å². The normalized spacial score (nSPS) is 14.6. The molecule has 0 atom stereocenters. The Kier molecular flexibility index (Phi) is 4.85. The van der Waals surface area contributed by atoms with Gasteiger partial charge in [-0.25, -0.2) is 0 Å². The van der Waals surface area contributed by atoms with Crippen LogP contribution in [0.1, 0.15) is 0 Å². The van der Waals surface area contributed by atoms with E-state index in [2.05, 4.69) is 71.6 Å². The maximum Gasteiger partial charge on any atom is 0.211 e. The van der Waals surface area contributed by atoms with E-state index in [1.807, 2.05) is 24.3 Å². The fourth-order valence-electron chi connectivity index (χ4n) is 2.85. The van der Waals surface area contributed by atoms with Crippen LogP contribution in [0.2, 0.25) is 0 Å². The van der Waals surface area contributed by atoms with Gasteiger partial charge in [0.25, 0.3) is 0 Å². The van der Waals surface area contributed by atoms with Crippen molar-refractivity contribution < 1.29 is 0 Å². The molecule has 0 spiro atoms. The first-order valence-electron chi connectivity index (χ1n) is 8.19. The predicted molar refractivity (Wildman–Crippen MR) is 108 cm³/mol. The van der Waals surface area contributed by atoms with Crippen LogP contribution in [-0.2, 0) is 0 Å². The van der Waals surface area contributed by atoms with E-state index in [-0.39, 0.29) is 0 Å². The molecule has 128 valence electrons. The monoisotopic (exact) mass is 415 g/mol.